The Morgan fingerprint density at radius 2 is 2.11 bits per heavy atom. The maximum atomic E-state index is 13.2. The maximum Gasteiger partial charge on any atom is 0.256 e. The first-order valence-corrected chi connectivity index (χ1v) is 6.96. The van der Waals surface area contributed by atoms with Crippen molar-refractivity contribution in [2.75, 3.05) is 18.8 Å². The fourth-order valence-electron chi connectivity index (χ4n) is 2.72. The first kappa shape index (κ1) is 13.8. The molecule has 1 aromatic carbocycles. The molecule has 1 aromatic rings. The molecule has 0 unspecified atom stereocenters. The molecule has 1 heterocycles. The Balaban J connectivity index is 2.03. The summed E-state index contributed by atoms with van der Waals surface area (Å²) in [4.78, 5) is 14.1. The minimum absolute atomic E-state index is 0.146. The summed E-state index contributed by atoms with van der Waals surface area (Å²) in [5.41, 5.74) is 6.39. The number of benzene rings is 1. The molecule has 0 bridgehead atoms. The van der Waals surface area contributed by atoms with Crippen LogP contribution in [0.25, 0.3) is 0 Å². The zero-order valence-electron chi connectivity index (χ0n) is 11.4. The molecule has 4 heteroatoms. The summed E-state index contributed by atoms with van der Waals surface area (Å²) in [7, 11) is 0. The van der Waals surface area contributed by atoms with Gasteiger partial charge in [-0.3, -0.25) is 4.79 Å². The molecule has 0 saturated carbocycles. The lowest BCUT2D eigenvalue weighted by Crippen LogP contribution is -2.38. The van der Waals surface area contributed by atoms with Gasteiger partial charge < -0.3 is 10.6 Å². The molecule has 0 atom stereocenters. The van der Waals surface area contributed by atoms with E-state index in [1.165, 1.54) is 31.0 Å². The van der Waals surface area contributed by atoms with Crippen molar-refractivity contribution >= 4 is 11.6 Å². The smallest absolute Gasteiger partial charge is 0.256 e. The van der Waals surface area contributed by atoms with Crippen molar-refractivity contribution in [2.24, 2.45) is 5.92 Å². The standard InChI is InChI=1S/C15H21FN2O/c1-2-3-11-6-8-18(9-7-11)15(19)13-10-12(16)4-5-14(13)17/h4-5,10-11H,2-3,6-9,17H2,1H3. The number of nitrogen functional groups attached to an aromatic ring is 1. The first-order valence-electron chi connectivity index (χ1n) is 6.96. The van der Waals surface area contributed by atoms with Gasteiger partial charge in [-0.05, 0) is 37.0 Å². The Labute approximate surface area is 113 Å². The Kier molecular flexibility index (Phi) is 4.40. The molecule has 1 aliphatic rings. The van der Waals surface area contributed by atoms with Gasteiger partial charge in [0.1, 0.15) is 5.82 Å². The fraction of sp³-hybridized carbons (Fsp3) is 0.533. The number of rotatable bonds is 3. The van der Waals surface area contributed by atoms with E-state index in [0.29, 0.717) is 5.69 Å². The van der Waals surface area contributed by atoms with E-state index < -0.39 is 5.82 Å². The van der Waals surface area contributed by atoms with Crippen molar-refractivity contribution < 1.29 is 9.18 Å². The predicted octanol–water partition coefficient (Wildman–Crippen LogP) is 3.06. The van der Waals surface area contributed by atoms with Gasteiger partial charge >= 0.3 is 0 Å². The Bertz CT molecular complexity index is 453. The van der Waals surface area contributed by atoms with Gasteiger partial charge in [0.15, 0.2) is 0 Å². The highest BCUT2D eigenvalue weighted by Crippen LogP contribution is 2.24. The summed E-state index contributed by atoms with van der Waals surface area (Å²) in [6.45, 7) is 3.68. The van der Waals surface area contributed by atoms with Crippen molar-refractivity contribution in [3.05, 3.63) is 29.6 Å². The number of piperidine rings is 1. The van der Waals surface area contributed by atoms with Crippen LogP contribution < -0.4 is 5.73 Å². The van der Waals surface area contributed by atoms with E-state index in [-0.39, 0.29) is 11.5 Å². The topological polar surface area (TPSA) is 46.3 Å². The Hall–Kier alpha value is -1.58. The van der Waals surface area contributed by atoms with E-state index in [9.17, 15) is 9.18 Å². The third-order valence-corrected chi connectivity index (χ3v) is 3.84. The van der Waals surface area contributed by atoms with Crippen LogP contribution in [0.5, 0.6) is 0 Å². The summed E-state index contributed by atoms with van der Waals surface area (Å²) in [5, 5.41) is 0. The maximum absolute atomic E-state index is 13.2. The van der Waals surface area contributed by atoms with Gasteiger partial charge in [-0.25, -0.2) is 4.39 Å². The van der Waals surface area contributed by atoms with Crippen molar-refractivity contribution in [2.45, 2.75) is 32.6 Å². The first-order chi connectivity index (χ1) is 9.11. The number of amides is 1. The zero-order chi connectivity index (χ0) is 13.8. The molecule has 2 N–H and O–H groups in total. The molecule has 19 heavy (non-hydrogen) atoms. The molecular formula is C15H21FN2O. The van der Waals surface area contributed by atoms with Gasteiger partial charge in [-0.2, -0.15) is 0 Å². The summed E-state index contributed by atoms with van der Waals surface area (Å²) in [6.07, 6.45) is 4.49. The van der Waals surface area contributed by atoms with Crippen LogP contribution in [0, 0.1) is 11.7 Å². The van der Waals surface area contributed by atoms with Gasteiger partial charge in [0, 0.05) is 18.8 Å². The number of nitrogens with zero attached hydrogens (tertiary/aromatic N) is 1. The summed E-state index contributed by atoms with van der Waals surface area (Å²) >= 11 is 0. The highest BCUT2D eigenvalue weighted by Gasteiger charge is 2.24. The molecule has 3 nitrogen and oxygen atoms in total. The number of halogens is 1. The SMILES string of the molecule is CCCC1CCN(C(=O)c2cc(F)ccc2N)CC1. The van der Waals surface area contributed by atoms with Crippen LogP contribution in [-0.2, 0) is 0 Å². The number of anilines is 1. The van der Waals surface area contributed by atoms with Crippen molar-refractivity contribution in [3.63, 3.8) is 0 Å². The average molecular weight is 264 g/mol. The number of hydrogen-bond acceptors (Lipinski definition) is 2. The van der Waals surface area contributed by atoms with Gasteiger partial charge in [-0.1, -0.05) is 19.8 Å². The van der Waals surface area contributed by atoms with Crippen LogP contribution in [-0.4, -0.2) is 23.9 Å². The minimum Gasteiger partial charge on any atom is -0.398 e. The van der Waals surface area contributed by atoms with Gasteiger partial charge in [0.2, 0.25) is 0 Å². The zero-order valence-corrected chi connectivity index (χ0v) is 11.4. The van der Waals surface area contributed by atoms with Gasteiger partial charge in [0.25, 0.3) is 5.91 Å². The van der Waals surface area contributed by atoms with E-state index in [1.807, 2.05) is 0 Å². The lowest BCUT2D eigenvalue weighted by Gasteiger charge is -2.32. The number of carbonyl (C=O) groups is 1. The summed E-state index contributed by atoms with van der Waals surface area (Å²) in [5.74, 6) is 0.157. The summed E-state index contributed by atoms with van der Waals surface area (Å²) < 4.78 is 13.2. The van der Waals surface area contributed by atoms with Crippen LogP contribution >= 0.6 is 0 Å². The van der Waals surface area contributed by atoms with Crippen LogP contribution in [0.1, 0.15) is 43.0 Å². The molecule has 1 aliphatic heterocycles. The predicted molar refractivity (Wildman–Crippen MR) is 74.3 cm³/mol. The summed E-state index contributed by atoms with van der Waals surface area (Å²) in [6, 6.07) is 3.96. The van der Waals surface area contributed by atoms with E-state index in [1.54, 1.807) is 4.90 Å². The lowest BCUT2D eigenvalue weighted by atomic mass is 9.92. The second-order valence-corrected chi connectivity index (χ2v) is 5.26. The number of nitrogens with two attached hydrogens (primary N) is 1. The molecule has 104 valence electrons. The number of likely N-dealkylation sites (tertiary alicyclic amines) is 1. The highest BCUT2D eigenvalue weighted by atomic mass is 19.1. The van der Waals surface area contributed by atoms with Crippen molar-refractivity contribution in [3.8, 4) is 0 Å². The Morgan fingerprint density at radius 1 is 1.42 bits per heavy atom. The second kappa shape index (κ2) is 6.04. The average Bonchev–Trinajstić information content (AvgIpc) is 2.42. The van der Waals surface area contributed by atoms with Crippen molar-refractivity contribution in [1.82, 2.24) is 4.90 Å². The number of carbonyl (C=O) groups excluding carboxylic acids is 1. The van der Waals surface area contributed by atoms with E-state index in [4.69, 9.17) is 5.73 Å². The molecule has 2 rings (SSSR count). The molecular weight excluding hydrogens is 243 g/mol. The van der Waals surface area contributed by atoms with E-state index >= 15 is 0 Å². The van der Waals surface area contributed by atoms with Crippen LogP contribution in [0.4, 0.5) is 10.1 Å². The van der Waals surface area contributed by atoms with Crippen LogP contribution in [0.3, 0.4) is 0 Å². The van der Waals surface area contributed by atoms with Gasteiger partial charge in [0.05, 0.1) is 5.56 Å². The fourth-order valence-corrected chi connectivity index (χ4v) is 2.72. The van der Waals surface area contributed by atoms with Crippen LogP contribution in [0.15, 0.2) is 18.2 Å². The molecule has 1 fully saturated rings. The molecule has 0 spiro atoms. The Morgan fingerprint density at radius 3 is 2.74 bits per heavy atom. The molecule has 0 aliphatic carbocycles. The quantitative estimate of drug-likeness (QED) is 0.853. The lowest BCUT2D eigenvalue weighted by molar-refractivity contribution is 0.0687. The minimum atomic E-state index is -0.418. The third-order valence-electron chi connectivity index (χ3n) is 3.84. The molecule has 1 saturated heterocycles. The second-order valence-electron chi connectivity index (χ2n) is 5.26. The molecule has 0 aromatic heterocycles. The number of hydrogen-bond donors (Lipinski definition) is 1. The largest absolute Gasteiger partial charge is 0.398 e. The van der Waals surface area contributed by atoms with E-state index in [2.05, 4.69) is 6.92 Å². The highest BCUT2D eigenvalue weighted by molar-refractivity contribution is 5.99. The van der Waals surface area contributed by atoms with Gasteiger partial charge in [-0.15, -0.1) is 0 Å². The van der Waals surface area contributed by atoms with Crippen LogP contribution in [0.2, 0.25) is 0 Å². The monoisotopic (exact) mass is 264 g/mol. The normalized spacial score (nSPS) is 16.6. The molecule has 0 radical (unpaired) electrons. The van der Waals surface area contributed by atoms with Crippen molar-refractivity contribution in [1.29, 1.82) is 0 Å². The molecule has 1 amide bonds. The van der Waals surface area contributed by atoms with E-state index in [0.717, 1.165) is 31.8 Å². The third kappa shape index (κ3) is 3.25.